The molecule has 0 aromatic carbocycles. The van der Waals surface area contributed by atoms with Gasteiger partial charge in [0, 0.05) is 70.4 Å². The number of hydrogen-bond donors (Lipinski definition) is 2. The Morgan fingerprint density at radius 1 is 0.529 bits per heavy atom. The normalized spacial score (nSPS) is 19.2. The maximum atomic E-state index is 11.9. The fourth-order valence-corrected chi connectivity index (χ4v) is 7.46. The van der Waals surface area contributed by atoms with Gasteiger partial charge < -0.3 is 49.4 Å². The third-order valence-electron chi connectivity index (χ3n) is 12.2. The number of nitrogens with two attached hydrogens (primary N) is 1. The van der Waals surface area contributed by atoms with Crippen molar-refractivity contribution in [2.45, 2.75) is 170 Å². The monoisotopic (exact) mass is 983 g/mol. The second kappa shape index (κ2) is 26.5. The fourth-order valence-electron chi connectivity index (χ4n) is 7.46. The summed E-state index contributed by atoms with van der Waals surface area (Å²) in [6.07, 6.45) is 4.33. The Balaban J connectivity index is 0.000000467. The van der Waals surface area contributed by atoms with Crippen molar-refractivity contribution in [2.75, 3.05) is 72.1 Å². The highest BCUT2D eigenvalue weighted by Gasteiger charge is 2.40. The molecule has 0 atom stereocenters. The number of carbonyl (C=O) groups excluding carboxylic acids is 4. The lowest BCUT2D eigenvalue weighted by molar-refractivity contribution is 0.00928. The zero-order valence-electron chi connectivity index (χ0n) is 44.4. The lowest BCUT2D eigenvalue weighted by atomic mass is 9.78. The Morgan fingerprint density at radius 2 is 0.771 bits per heavy atom. The molecule has 4 fully saturated rings. The summed E-state index contributed by atoms with van der Waals surface area (Å²) in [6.45, 7) is 28.6. The van der Waals surface area contributed by atoms with Gasteiger partial charge in [0.05, 0.1) is 52.5 Å². The standard InChI is InChI=1S/C13H22N2O2.C12H19N5O2.C12H21N3O2.C12H20N2O3/c1-5-13(10-14)6-8-15(9-7-13)11(16)17-12(2,3)4;1-11(2,3)19-10(18)17-6-4-12(8-13,5-7-17)9-15-16-14;1-11(2,3)17-10(16)15-6-4-12(8-13,9-14)5-7-15;1-11(2,3)17-10(16)14-6-4-12(8-13,9-15)5-7-14/h5-9H2,1-4H3;4-7,9H2,1-3H3;4-8,13H2,1-3H3;15H,4-7,9H2,1-3H3. The van der Waals surface area contributed by atoms with E-state index in [1.165, 1.54) is 0 Å². The average Bonchev–Trinajstić information content (AvgIpc) is 3.29. The highest BCUT2D eigenvalue weighted by molar-refractivity contribution is 5.69. The summed E-state index contributed by atoms with van der Waals surface area (Å²) in [5.74, 6) is 0. The second-order valence-corrected chi connectivity index (χ2v) is 22.5. The summed E-state index contributed by atoms with van der Waals surface area (Å²) in [6, 6.07) is 9.03. The second-order valence-electron chi connectivity index (χ2n) is 22.5. The van der Waals surface area contributed by atoms with E-state index in [1.807, 2.05) is 90.0 Å². The number of nitriles is 4. The number of aliphatic hydroxyl groups is 1. The van der Waals surface area contributed by atoms with Crippen LogP contribution in [-0.4, -0.2) is 144 Å². The van der Waals surface area contributed by atoms with E-state index in [9.17, 15) is 29.5 Å². The number of ether oxygens (including phenoxy) is 4. The molecule has 0 aliphatic carbocycles. The van der Waals surface area contributed by atoms with E-state index < -0.39 is 38.6 Å². The molecule has 4 aliphatic heterocycles. The van der Waals surface area contributed by atoms with Crippen LogP contribution in [0.1, 0.15) is 148 Å². The van der Waals surface area contributed by atoms with Crippen molar-refractivity contribution in [2.24, 2.45) is 32.5 Å². The summed E-state index contributed by atoms with van der Waals surface area (Å²) in [7, 11) is 0. The van der Waals surface area contributed by atoms with Gasteiger partial charge in [-0.15, -0.1) is 0 Å². The molecule has 4 saturated heterocycles. The van der Waals surface area contributed by atoms with Gasteiger partial charge in [-0.05, 0) is 146 Å². The van der Waals surface area contributed by atoms with Crippen molar-refractivity contribution in [3.63, 3.8) is 0 Å². The summed E-state index contributed by atoms with van der Waals surface area (Å²) < 4.78 is 21.1. The number of rotatable bonds is 5. The molecular formula is C49H82N12O9. The van der Waals surface area contributed by atoms with E-state index in [4.69, 9.17) is 46.0 Å². The molecule has 21 nitrogen and oxygen atoms in total. The molecule has 392 valence electrons. The molecule has 70 heavy (non-hydrogen) atoms. The van der Waals surface area contributed by atoms with Crippen LogP contribution >= 0.6 is 0 Å². The van der Waals surface area contributed by atoms with Crippen LogP contribution in [0.5, 0.6) is 0 Å². The molecular weight excluding hydrogens is 901 g/mol. The Hall–Kier alpha value is -5.73. The highest BCUT2D eigenvalue weighted by Crippen LogP contribution is 2.35. The predicted molar refractivity (Wildman–Crippen MR) is 261 cm³/mol. The van der Waals surface area contributed by atoms with Crippen molar-refractivity contribution in [1.82, 2.24) is 19.6 Å². The third kappa shape index (κ3) is 21.5. The average molecular weight is 983 g/mol. The van der Waals surface area contributed by atoms with Crippen LogP contribution in [0.25, 0.3) is 10.4 Å². The van der Waals surface area contributed by atoms with E-state index in [-0.39, 0.29) is 42.9 Å². The van der Waals surface area contributed by atoms with Crippen LogP contribution in [0.15, 0.2) is 5.11 Å². The lowest BCUT2D eigenvalue weighted by Crippen LogP contribution is -2.47. The van der Waals surface area contributed by atoms with Crippen molar-refractivity contribution < 1.29 is 43.2 Å². The minimum atomic E-state index is -0.682. The Bertz CT molecular complexity index is 1780. The van der Waals surface area contributed by atoms with Gasteiger partial charge in [-0.1, -0.05) is 12.0 Å². The molecule has 21 heteroatoms. The van der Waals surface area contributed by atoms with Crippen molar-refractivity contribution >= 4 is 24.4 Å². The third-order valence-corrected chi connectivity index (χ3v) is 12.2. The van der Waals surface area contributed by atoms with Gasteiger partial charge >= 0.3 is 24.4 Å². The number of carbonyl (C=O) groups is 4. The molecule has 4 aliphatic rings. The van der Waals surface area contributed by atoms with Crippen LogP contribution < -0.4 is 5.73 Å². The first kappa shape index (κ1) is 62.3. The van der Waals surface area contributed by atoms with Crippen LogP contribution in [0.3, 0.4) is 0 Å². The SMILES string of the molecule is CC(C)(C)OC(=O)N1CCC(C#N)(CN)CC1.CC(C)(C)OC(=O)N1CCC(C#N)(CN=[N+]=[N-])CC1.CC(C)(C)OC(=O)N1CCC(C#N)(CO)CC1.CCC1(C#N)CCN(C(=O)OC(C)(C)C)CC1. The first-order valence-electron chi connectivity index (χ1n) is 24.2. The number of piperidine rings is 4. The number of likely N-dealkylation sites (tertiary alicyclic amines) is 4. The van der Waals surface area contributed by atoms with E-state index >= 15 is 0 Å². The number of hydrogen-bond acceptors (Lipinski definition) is 15. The molecule has 0 aromatic rings. The predicted octanol–water partition coefficient (Wildman–Crippen LogP) is 8.78. The minimum absolute atomic E-state index is 0.147. The fraction of sp³-hybridized carbons (Fsp3) is 0.837. The summed E-state index contributed by atoms with van der Waals surface area (Å²) in [5, 5.41) is 49.2. The van der Waals surface area contributed by atoms with Crippen molar-refractivity contribution in [3.8, 4) is 24.3 Å². The summed E-state index contributed by atoms with van der Waals surface area (Å²) in [4.78, 5) is 56.5. The molecule has 3 N–H and O–H groups in total. The van der Waals surface area contributed by atoms with Crippen molar-refractivity contribution in [3.05, 3.63) is 10.4 Å². The Morgan fingerprint density at radius 3 is 0.971 bits per heavy atom. The number of azide groups is 1. The van der Waals surface area contributed by atoms with E-state index in [0.717, 1.165) is 19.3 Å². The molecule has 0 unspecified atom stereocenters. The van der Waals surface area contributed by atoms with Crippen LogP contribution in [0.4, 0.5) is 19.2 Å². The van der Waals surface area contributed by atoms with E-state index in [2.05, 4.69) is 34.3 Å². The molecule has 0 saturated carbocycles. The van der Waals surface area contributed by atoms with Crippen LogP contribution in [-0.2, 0) is 18.9 Å². The van der Waals surface area contributed by atoms with Crippen molar-refractivity contribution in [1.29, 1.82) is 21.0 Å². The number of nitrogens with zero attached hydrogens (tertiary/aromatic N) is 11. The Labute approximate surface area is 416 Å². The maximum absolute atomic E-state index is 11.9. The maximum Gasteiger partial charge on any atom is 0.410 e. The van der Waals surface area contributed by atoms with E-state index in [1.54, 1.807) is 19.6 Å². The number of aliphatic hydroxyl groups excluding tert-OH is 1. The van der Waals surface area contributed by atoms with Gasteiger partial charge in [-0.3, -0.25) is 0 Å². The molecule has 4 rings (SSSR count). The van der Waals surface area contributed by atoms with Gasteiger partial charge in [-0.25, -0.2) is 19.2 Å². The topological polar surface area (TPSA) is 308 Å². The zero-order chi connectivity index (χ0) is 53.8. The summed E-state index contributed by atoms with van der Waals surface area (Å²) in [5.41, 5.74) is 9.97. The smallest absolute Gasteiger partial charge is 0.410 e. The van der Waals surface area contributed by atoms with Gasteiger partial charge in [0.1, 0.15) is 22.4 Å². The quantitative estimate of drug-likeness (QED) is 0.113. The van der Waals surface area contributed by atoms with Crippen LogP contribution in [0.2, 0.25) is 0 Å². The van der Waals surface area contributed by atoms with Gasteiger partial charge in [-0.2, -0.15) is 21.0 Å². The van der Waals surface area contributed by atoms with Crippen LogP contribution in [0, 0.1) is 67.0 Å². The Kier molecular flexibility index (Phi) is 23.6. The van der Waals surface area contributed by atoms with Gasteiger partial charge in [0.2, 0.25) is 0 Å². The molecule has 0 bridgehead atoms. The molecule has 4 amide bonds. The molecule has 4 heterocycles. The van der Waals surface area contributed by atoms with E-state index in [0.29, 0.717) is 97.4 Å². The first-order chi connectivity index (χ1) is 32.3. The molecule has 0 spiro atoms. The summed E-state index contributed by atoms with van der Waals surface area (Å²) >= 11 is 0. The zero-order valence-corrected chi connectivity index (χ0v) is 44.4. The first-order valence-corrected chi connectivity index (χ1v) is 24.2. The number of amides is 4. The molecule has 0 radical (unpaired) electrons. The largest absolute Gasteiger partial charge is 0.444 e. The molecule has 0 aromatic heterocycles. The van der Waals surface area contributed by atoms with Gasteiger partial charge in [0.15, 0.2) is 0 Å². The lowest BCUT2D eigenvalue weighted by Gasteiger charge is -2.37. The van der Waals surface area contributed by atoms with Gasteiger partial charge in [0.25, 0.3) is 0 Å². The highest BCUT2D eigenvalue weighted by atomic mass is 16.6. The minimum Gasteiger partial charge on any atom is -0.444 e.